The third-order valence-electron chi connectivity index (χ3n) is 5.72. The van der Waals surface area contributed by atoms with Crippen molar-refractivity contribution in [2.75, 3.05) is 17.8 Å². The number of halogens is 3. The fraction of sp³-hybridized carbons (Fsp3) is 0.179. The molecule has 0 aliphatic carbocycles. The first-order valence-corrected chi connectivity index (χ1v) is 13.1. The van der Waals surface area contributed by atoms with Crippen molar-refractivity contribution >= 4 is 52.6 Å². The SMILES string of the molecule is COc1cc(C)c(N2C(=O)CS/C2=N\N=C\c2ccc(C(N)=NC=Nc3ccc(OC(F)(F)F)cc3)cc2)c(C)c1. The number of ether oxygens (including phenoxy) is 2. The van der Waals surface area contributed by atoms with Gasteiger partial charge in [0.2, 0.25) is 5.91 Å². The van der Waals surface area contributed by atoms with E-state index in [1.54, 1.807) is 42.5 Å². The number of hydrogen-bond acceptors (Lipinski definition) is 7. The van der Waals surface area contributed by atoms with Crippen LogP contribution < -0.4 is 20.1 Å². The zero-order valence-electron chi connectivity index (χ0n) is 22.2. The quantitative estimate of drug-likeness (QED) is 0.207. The van der Waals surface area contributed by atoms with Crippen LogP contribution in [0.3, 0.4) is 0 Å². The zero-order valence-corrected chi connectivity index (χ0v) is 23.0. The Labute approximate surface area is 238 Å². The number of hydrogen-bond donors (Lipinski definition) is 1. The molecule has 0 atom stereocenters. The summed E-state index contributed by atoms with van der Waals surface area (Å²) in [5.41, 5.74) is 10.3. The van der Waals surface area contributed by atoms with Crippen molar-refractivity contribution in [1.29, 1.82) is 0 Å². The first-order valence-electron chi connectivity index (χ1n) is 12.1. The molecular weight excluding hydrogens is 557 g/mol. The van der Waals surface area contributed by atoms with Crippen LogP contribution in [-0.4, -0.2) is 48.7 Å². The van der Waals surface area contributed by atoms with Gasteiger partial charge in [-0.1, -0.05) is 36.0 Å². The van der Waals surface area contributed by atoms with Gasteiger partial charge in [-0.2, -0.15) is 5.10 Å². The Morgan fingerprint density at radius 1 is 1.02 bits per heavy atom. The van der Waals surface area contributed by atoms with E-state index in [0.717, 1.165) is 34.5 Å². The van der Waals surface area contributed by atoms with Crippen LogP contribution in [0.25, 0.3) is 0 Å². The lowest BCUT2D eigenvalue weighted by Crippen LogP contribution is -2.30. The Morgan fingerprint density at radius 3 is 2.29 bits per heavy atom. The molecule has 1 amide bonds. The van der Waals surface area contributed by atoms with Crippen molar-refractivity contribution < 1.29 is 27.4 Å². The number of aryl methyl sites for hydroxylation is 2. The molecule has 212 valence electrons. The summed E-state index contributed by atoms with van der Waals surface area (Å²) in [6.45, 7) is 3.83. The van der Waals surface area contributed by atoms with Gasteiger partial charge in [0, 0.05) is 5.56 Å². The number of methoxy groups -OCH3 is 1. The highest BCUT2D eigenvalue weighted by atomic mass is 32.2. The second-order valence-electron chi connectivity index (χ2n) is 8.68. The molecule has 1 fully saturated rings. The average Bonchev–Trinajstić information content (AvgIpc) is 3.28. The average molecular weight is 583 g/mol. The molecule has 4 rings (SSSR count). The Kier molecular flexibility index (Phi) is 9.07. The summed E-state index contributed by atoms with van der Waals surface area (Å²) in [7, 11) is 1.60. The van der Waals surface area contributed by atoms with Crippen molar-refractivity contribution in [3.05, 3.63) is 82.9 Å². The highest BCUT2D eigenvalue weighted by Crippen LogP contribution is 2.34. The molecule has 1 aliphatic rings. The van der Waals surface area contributed by atoms with Crippen LogP contribution >= 0.6 is 11.8 Å². The van der Waals surface area contributed by atoms with E-state index in [0.29, 0.717) is 22.2 Å². The second-order valence-corrected chi connectivity index (χ2v) is 9.62. The number of amides is 1. The summed E-state index contributed by atoms with van der Waals surface area (Å²) in [6, 6.07) is 15.8. The van der Waals surface area contributed by atoms with Crippen molar-refractivity contribution in [2.24, 2.45) is 25.9 Å². The minimum Gasteiger partial charge on any atom is -0.497 e. The molecule has 0 spiro atoms. The third-order valence-corrected chi connectivity index (χ3v) is 6.63. The van der Waals surface area contributed by atoms with Crippen LogP contribution in [0.5, 0.6) is 11.5 Å². The van der Waals surface area contributed by atoms with Gasteiger partial charge in [0.25, 0.3) is 0 Å². The van der Waals surface area contributed by atoms with Gasteiger partial charge < -0.3 is 15.2 Å². The number of anilines is 1. The fourth-order valence-electron chi connectivity index (χ4n) is 3.89. The van der Waals surface area contributed by atoms with Crippen LogP contribution in [0.2, 0.25) is 0 Å². The van der Waals surface area contributed by atoms with Gasteiger partial charge >= 0.3 is 6.36 Å². The Bertz CT molecular complexity index is 1510. The maximum absolute atomic E-state index is 12.7. The van der Waals surface area contributed by atoms with E-state index in [-0.39, 0.29) is 23.2 Å². The Morgan fingerprint density at radius 2 is 1.68 bits per heavy atom. The van der Waals surface area contributed by atoms with Gasteiger partial charge in [-0.3, -0.25) is 9.69 Å². The summed E-state index contributed by atoms with van der Waals surface area (Å²) < 4.78 is 45.9. The molecule has 0 bridgehead atoms. The van der Waals surface area contributed by atoms with Gasteiger partial charge in [0.1, 0.15) is 23.7 Å². The van der Waals surface area contributed by atoms with E-state index in [2.05, 4.69) is 24.9 Å². The number of thioether (sulfide) groups is 1. The summed E-state index contributed by atoms with van der Waals surface area (Å²) in [4.78, 5) is 22.4. The number of amidine groups is 2. The third kappa shape index (κ3) is 7.72. The van der Waals surface area contributed by atoms with Crippen molar-refractivity contribution in [1.82, 2.24) is 0 Å². The molecule has 0 radical (unpaired) electrons. The molecule has 2 N–H and O–H groups in total. The number of rotatable bonds is 8. The lowest BCUT2D eigenvalue weighted by molar-refractivity contribution is -0.274. The fourth-order valence-corrected chi connectivity index (χ4v) is 4.70. The summed E-state index contributed by atoms with van der Waals surface area (Å²) in [6.07, 6.45) is -1.99. The molecule has 41 heavy (non-hydrogen) atoms. The predicted molar refractivity (Wildman–Crippen MR) is 156 cm³/mol. The molecule has 1 aliphatic heterocycles. The first-order chi connectivity index (χ1) is 19.5. The van der Waals surface area contributed by atoms with Crippen LogP contribution in [-0.2, 0) is 4.79 Å². The highest BCUT2D eigenvalue weighted by molar-refractivity contribution is 8.15. The minimum atomic E-state index is -4.76. The number of benzene rings is 3. The largest absolute Gasteiger partial charge is 0.573 e. The molecule has 0 saturated carbocycles. The molecular formula is C28H25F3N6O3S. The standard InChI is InChI=1S/C28H25F3N6O3S/c1-17-12-23(39-3)13-18(2)25(17)37-24(38)15-41-27(37)36-35-14-19-4-6-20(7-5-19)26(32)34-16-33-21-8-10-22(11-9-21)40-28(29,30)31/h4-14,16H,15H2,1-3H3,(H2,32,33,34)/b35-14+,36-27-. The minimum absolute atomic E-state index is 0.0737. The van der Waals surface area contributed by atoms with Gasteiger partial charge in [-0.15, -0.1) is 18.3 Å². The van der Waals surface area contributed by atoms with Gasteiger partial charge in [-0.05, 0) is 66.9 Å². The zero-order chi connectivity index (χ0) is 29.6. The van der Waals surface area contributed by atoms with Gasteiger partial charge in [0.15, 0.2) is 5.17 Å². The molecule has 3 aromatic rings. The Hall–Kier alpha value is -4.65. The van der Waals surface area contributed by atoms with E-state index in [4.69, 9.17) is 10.5 Å². The summed E-state index contributed by atoms with van der Waals surface area (Å²) in [5, 5.41) is 8.96. The topological polar surface area (TPSA) is 114 Å². The highest BCUT2D eigenvalue weighted by Gasteiger charge is 2.32. The molecule has 0 aromatic heterocycles. The summed E-state index contributed by atoms with van der Waals surface area (Å²) in [5.74, 6) is 0.763. The van der Waals surface area contributed by atoms with E-state index in [1.165, 1.54) is 30.2 Å². The number of nitrogens with zero attached hydrogens (tertiary/aromatic N) is 5. The van der Waals surface area contributed by atoms with Crippen LogP contribution in [0, 0.1) is 13.8 Å². The van der Waals surface area contributed by atoms with Crippen molar-refractivity contribution in [3.8, 4) is 11.5 Å². The van der Waals surface area contributed by atoms with Crippen LogP contribution in [0.15, 0.2) is 80.9 Å². The van der Waals surface area contributed by atoms with Crippen molar-refractivity contribution in [3.63, 3.8) is 0 Å². The summed E-state index contributed by atoms with van der Waals surface area (Å²) >= 11 is 1.32. The van der Waals surface area contributed by atoms with Gasteiger partial charge in [0.05, 0.1) is 30.5 Å². The molecule has 0 unspecified atom stereocenters. The number of nitrogens with two attached hydrogens (primary N) is 1. The first kappa shape index (κ1) is 29.3. The lowest BCUT2D eigenvalue weighted by Gasteiger charge is -2.21. The molecule has 1 saturated heterocycles. The number of carbonyl (C=O) groups is 1. The number of carbonyl (C=O) groups excluding carboxylic acids is 1. The van der Waals surface area contributed by atoms with Crippen LogP contribution in [0.4, 0.5) is 24.5 Å². The van der Waals surface area contributed by atoms with Gasteiger partial charge in [-0.25, -0.2) is 9.98 Å². The maximum Gasteiger partial charge on any atom is 0.573 e. The van der Waals surface area contributed by atoms with E-state index in [9.17, 15) is 18.0 Å². The van der Waals surface area contributed by atoms with E-state index >= 15 is 0 Å². The monoisotopic (exact) mass is 582 g/mol. The predicted octanol–water partition coefficient (Wildman–Crippen LogP) is 5.75. The molecule has 3 aromatic carbocycles. The second kappa shape index (κ2) is 12.7. The van der Waals surface area contributed by atoms with Crippen LogP contribution in [0.1, 0.15) is 22.3 Å². The number of alkyl halides is 3. The van der Waals surface area contributed by atoms with E-state index < -0.39 is 6.36 Å². The molecule has 9 nitrogen and oxygen atoms in total. The smallest absolute Gasteiger partial charge is 0.497 e. The Balaban J connectivity index is 1.41. The number of aliphatic imine (C=N–C) groups is 2. The normalized spacial score (nSPS) is 15.5. The lowest BCUT2D eigenvalue weighted by atomic mass is 10.1. The maximum atomic E-state index is 12.7. The molecule has 13 heteroatoms. The van der Waals surface area contributed by atoms with Crippen molar-refractivity contribution in [2.45, 2.75) is 20.2 Å². The molecule has 1 heterocycles. The van der Waals surface area contributed by atoms with E-state index in [1.807, 2.05) is 26.0 Å².